The molecule has 37 heavy (non-hydrogen) atoms. The first-order valence-electron chi connectivity index (χ1n) is 14.8. The van der Waals surface area contributed by atoms with E-state index in [2.05, 4.69) is 29.2 Å². The van der Waals surface area contributed by atoms with Gasteiger partial charge in [-0.05, 0) is 86.8 Å². The van der Waals surface area contributed by atoms with E-state index in [4.69, 9.17) is 19.2 Å². The summed E-state index contributed by atoms with van der Waals surface area (Å²) in [5.41, 5.74) is 1.35. The standard InChI is InChI=1S/C30H41F2NO4/c31-28(32)10-13-33(14-11-28)12-1-15-34-27-4-2-23(3-5-27)24-6-8-29(9-7-24)35-30(37-36-29)25-17-21-16-22(19-25)20-26(30)18-21/h2-5,21-22,24-26H,1,6-20H2. The quantitative estimate of drug-likeness (QED) is 0.311. The van der Waals surface area contributed by atoms with E-state index in [-0.39, 0.29) is 12.8 Å². The zero-order valence-electron chi connectivity index (χ0n) is 21.8. The molecule has 4 bridgehead atoms. The van der Waals surface area contributed by atoms with Crippen LogP contribution >= 0.6 is 0 Å². The van der Waals surface area contributed by atoms with Gasteiger partial charge in [-0.2, -0.15) is 9.78 Å². The largest absolute Gasteiger partial charge is 0.494 e. The summed E-state index contributed by atoms with van der Waals surface area (Å²) in [5.74, 6) is 0.652. The fraction of sp³-hybridized carbons (Fsp3) is 0.800. The molecule has 7 aliphatic rings. The van der Waals surface area contributed by atoms with Crippen LogP contribution in [0.5, 0.6) is 5.75 Å². The molecule has 2 spiro atoms. The van der Waals surface area contributed by atoms with E-state index in [0.29, 0.717) is 37.5 Å². The highest BCUT2D eigenvalue weighted by Gasteiger charge is 2.66. The van der Waals surface area contributed by atoms with Crippen molar-refractivity contribution in [2.24, 2.45) is 23.7 Å². The normalized spacial score (nSPS) is 42.6. The lowest BCUT2D eigenvalue weighted by Gasteiger charge is -2.57. The summed E-state index contributed by atoms with van der Waals surface area (Å²) in [6.45, 7) is 2.39. The Hall–Kier alpha value is -1.28. The summed E-state index contributed by atoms with van der Waals surface area (Å²) in [6.07, 6.45) is 11.1. The van der Waals surface area contributed by atoms with E-state index in [9.17, 15) is 8.78 Å². The van der Waals surface area contributed by atoms with Gasteiger partial charge in [-0.1, -0.05) is 12.1 Å². The molecular formula is C30H41F2NO4. The molecule has 0 radical (unpaired) electrons. The van der Waals surface area contributed by atoms with Gasteiger partial charge in [-0.3, -0.25) is 0 Å². The smallest absolute Gasteiger partial charge is 0.250 e. The van der Waals surface area contributed by atoms with Crippen molar-refractivity contribution in [2.75, 3.05) is 26.2 Å². The molecule has 7 heteroatoms. The average Bonchev–Trinajstić information content (AvgIpc) is 3.26. The number of likely N-dealkylation sites (tertiary alicyclic amines) is 1. The molecule has 5 saturated carbocycles. The highest BCUT2D eigenvalue weighted by atomic mass is 19.3. The molecule has 204 valence electrons. The Balaban J connectivity index is 0.876. The number of ether oxygens (including phenoxy) is 2. The Bertz CT molecular complexity index is 923. The van der Waals surface area contributed by atoms with Crippen molar-refractivity contribution in [3.63, 3.8) is 0 Å². The van der Waals surface area contributed by atoms with Crippen molar-refractivity contribution in [1.29, 1.82) is 0 Å². The molecule has 2 heterocycles. The molecule has 1 aromatic carbocycles. The maximum absolute atomic E-state index is 13.3. The monoisotopic (exact) mass is 517 g/mol. The first kappa shape index (κ1) is 24.7. The first-order valence-corrected chi connectivity index (χ1v) is 14.8. The van der Waals surface area contributed by atoms with Crippen LogP contribution in [0.15, 0.2) is 24.3 Å². The predicted octanol–water partition coefficient (Wildman–Crippen LogP) is 6.67. The Labute approximate surface area is 219 Å². The van der Waals surface area contributed by atoms with Gasteiger partial charge in [0.05, 0.1) is 6.61 Å². The van der Waals surface area contributed by atoms with Gasteiger partial charge in [-0.15, -0.1) is 0 Å². The zero-order chi connectivity index (χ0) is 25.1. The van der Waals surface area contributed by atoms with E-state index in [1.165, 1.54) is 37.7 Å². The van der Waals surface area contributed by atoms with E-state index >= 15 is 0 Å². The molecule has 5 aliphatic carbocycles. The Morgan fingerprint density at radius 3 is 2.14 bits per heavy atom. The maximum Gasteiger partial charge on any atom is 0.250 e. The summed E-state index contributed by atoms with van der Waals surface area (Å²) >= 11 is 0. The molecule has 5 nitrogen and oxygen atoms in total. The van der Waals surface area contributed by atoms with E-state index in [0.717, 1.165) is 56.2 Å². The number of hydrogen-bond donors (Lipinski definition) is 0. The average molecular weight is 518 g/mol. The van der Waals surface area contributed by atoms with Crippen LogP contribution in [0.3, 0.4) is 0 Å². The Kier molecular flexibility index (Phi) is 6.30. The Morgan fingerprint density at radius 1 is 0.838 bits per heavy atom. The summed E-state index contributed by atoms with van der Waals surface area (Å²) in [5, 5.41) is 0. The minimum atomic E-state index is -2.48. The van der Waals surface area contributed by atoms with Gasteiger partial charge >= 0.3 is 0 Å². The molecule has 1 aromatic rings. The molecule has 2 aliphatic heterocycles. The molecule has 0 N–H and O–H groups in total. The van der Waals surface area contributed by atoms with Crippen molar-refractivity contribution in [2.45, 2.75) is 100 Å². The van der Waals surface area contributed by atoms with E-state index < -0.39 is 17.5 Å². The second kappa shape index (κ2) is 9.42. The van der Waals surface area contributed by atoms with Gasteiger partial charge in [-0.25, -0.2) is 8.78 Å². The third kappa shape index (κ3) is 4.72. The van der Waals surface area contributed by atoms with E-state index in [1.807, 2.05) is 0 Å². The molecule has 2 saturated heterocycles. The number of hydrogen-bond acceptors (Lipinski definition) is 5. The van der Waals surface area contributed by atoms with Crippen molar-refractivity contribution < 1.29 is 28.0 Å². The zero-order valence-corrected chi connectivity index (χ0v) is 21.8. The molecular weight excluding hydrogens is 476 g/mol. The number of piperidine rings is 1. The van der Waals surface area contributed by atoms with E-state index in [1.54, 1.807) is 0 Å². The van der Waals surface area contributed by atoms with Gasteiger partial charge in [0, 0.05) is 57.2 Å². The molecule has 0 amide bonds. The van der Waals surface area contributed by atoms with Crippen LogP contribution in [-0.4, -0.2) is 48.6 Å². The summed E-state index contributed by atoms with van der Waals surface area (Å²) in [6, 6.07) is 8.51. The van der Waals surface area contributed by atoms with Crippen LogP contribution in [0.4, 0.5) is 8.78 Å². The van der Waals surface area contributed by atoms with Crippen LogP contribution in [0.2, 0.25) is 0 Å². The van der Waals surface area contributed by atoms with Crippen LogP contribution in [0.1, 0.15) is 88.5 Å². The predicted molar refractivity (Wildman–Crippen MR) is 134 cm³/mol. The van der Waals surface area contributed by atoms with Gasteiger partial charge in [0.25, 0.3) is 5.92 Å². The van der Waals surface area contributed by atoms with Crippen molar-refractivity contribution in [3.05, 3.63) is 29.8 Å². The number of alkyl halides is 2. The minimum Gasteiger partial charge on any atom is -0.494 e. The van der Waals surface area contributed by atoms with Gasteiger partial charge in [0.1, 0.15) is 5.75 Å². The number of halogens is 2. The molecule has 0 atom stereocenters. The topological polar surface area (TPSA) is 40.2 Å². The third-order valence-electron chi connectivity index (χ3n) is 10.5. The summed E-state index contributed by atoms with van der Waals surface area (Å²) < 4.78 is 39.4. The third-order valence-corrected chi connectivity index (χ3v) is 10.5. The molecule has 0 unspecified atom stereocenters. The number of rotatable bonds is 6. The highest BCUT2D eigenvalue weighted by Crippen LogP contribution is 2.64. The lowest BCUT2D eigenvalue weighted by atomic mass is 9.53. The maximum atomic E-state index is 13.3. The lowest BCUT2D eigenvalue weighted by molar-refractivity contribution is -0.390. The minimum absolute atomic E-state index is 0.0222. The van der Waals surface area contributed by atoms with Crippen LogP contribution in [0.25, 0.3) is 0 Å². The summed E-state index contributed by atoms with van der Waals surface area (Å²) in [4.78, 5) is 14.4. The number of benzene rings is 1. The summed E-state index contributed by atoms with van der Waals surface area (Å²) in [7, 11) is 0. The van der Waals surface area contributed by atoms with Crippen molar-refractivity contribution >= 4 is 0 Å². The first-order chi connectivity index (χ1) is 17.9. The fourth-order valence-electron chi connectivity index (χ4n) is 8.60. The molecule has 0 aromatic heterocycles. The van der Waals surface area contributed by atoms with Crippen LogP contribution in [0, 0.1) is 23.7 Å². The second-order valence-corrected chi connectivity index (χ2v) is 12.9. The fourth-order valence-corrected chi connectivity index (χ4v) is 8.60. The SMILES string of the molecule is FC1(F)CCN(CCCOc2ccc(C3CCC4(CC3)OOC3(O4)C4CC5CC(C4)CC3C5)cc2)CC1. The number of nitrogens with zero attached hydrogens (tertiary/aromatic N) is 1. The van der Waals surface area contributed by atoms with Gasteiger partial charge in [0.2, 0.25) is 11.6 Å². The van der Waals surface area contributed by atoms with Gasteiger partial charge < -0.3 is 14.4 Å². The van der Waals surface area contributed by atoms with Gasteiger partial charge in [0.15, 0.2) is 0 Å². The Morgan fingerprint density at radius 2 is 1.49 bits per heavy atom. The highest BCUT2D eigenvalue weighted by molar-refractivity contribution is 5.30. The van der Waals surface area contributed by atoms with Crippen molar-refractivity contribution in [3.8, 4) is 5.75 Å². The second-order valence-electron chi connectivity index (χ2n) is 12.9. The van der Waals surface area contributed by atoms with Crippen molar-refractivity contribution in [1.82, 2.24) is 4.90 Å². The molecule has 8 rings (SSSR count). The lowest BCUT2D eigenvalue weighted by Crippen LogP contribution is -2.59. The van der Waals surface area contributed by atoms with Crippen LogP contribution < -0.4 is 4.74 Å². The van der Waals surface area contributed by atoms with Crippen LogP contribution in [-0.2, 0) is 14.5 Å². The molecule has 7 fully saturated rings.